The van der Waals surface area contributed by atoms with Crippen LogP contribution >= 0.6 is 0 Å². The van der Waals surface area contributed by atoms with Crippen molar-refractivity contribution in [2.75, 3.05) is 0 Å². The summed E-state index contributed by atoms with van der Waals surface area (Å²) < 4.78 is 11.5. The van der Waals surface area contributed by atoms with Gasteiger partial charge in [0.1, 0.15) is 0 Å². The third kappa shape index (κ3) is 14.6. The number of aliphatic carboxylic acids is 1. The summed E-state index contributed by atoms with van der Waals surface area (Å²) in [5, 5.41) is 7.74. The summed E-state index contributed by atoms with van der Waals surface area (Å²) in [6.45, 7) is 16.0. The lowest BCUT2D eigenvalue weighted by Gasteiger charge is -1.96. The summed E-state index contributed by atoms with van der Waals surface area (Å²) in [6.07, 6.45) is 13.3. The van der Waals surface area contributed by atoms with Crippen LogP contribution in [0.15, 0.2) is 74.6 Å². The smallest absolute Gasteiger partial charge is 0.364 e. The van der Waals surface area contributed by atoms with Crippen molar-refractivity contribution in [3.05, 3.63) is 85.8 Å². The van der Waals surface area contributed by atoms with Crippen molar-refractivity contribution in [2.45, 2.75) is 32.6 Å². The molecular weight excluding hydrogens is 315 g/mol. The summed E-state index contributed by atoms with van der Waals surface area (Å²) in [6, 6.07) is 8.02. The highest BCUT2D eigenvalue weighted by Crippen LogP contribution is 2.10. The van der Waals surface area contributed by atoms with E-state index in [0.717, 1.165) is 30.0 Å². The molecule has 0 heterocycles. The zero-order valence-corrected chi connectivity index (χ0v) is 15.1. The summed E-state index contributed by atoms with van der Waals surface area (Å²) in [4.78, 5) is 9.49. The van der Waals surface area contributed by atoms with Crippen LogP contribution < -0.4 is 0 Å². The monoisotopic (exact) mass is 344 g/mol. The van der Waals surface area contributed by atoms with E-state index in [1.165, 1.54) is 19.8 Å². The van der Waals surface area contributed by atoms with E-state index in [1.54, 1.807) is 0 Å². The molecule has 0 aliphatic heterocycles. The number of carboxylic acid groups (broad SMARTS) is 1. The fraction of sp³-hybridized carbons (Fsp3) is 0.227. The first-order chi connectivity index (χ1) is 12.0. The number of carbonyl (C=O) groups is 1. The first-order valence-corrected chi connectivity index (χ1v) is 8.09. The maximum absolute atomic E-state index is 11.5. The quantitative estimate of drug-likeness (QED) is 0.318. The van der Waals surface area contributed by atoms with Crippen LogP contribution in [0.25, 0.3) is 12.2 Å². The lowest BCUT2D eigenvalue weighted by molar-refractivity contribution is -0.134. The minimum Gasteiger partial charge on any atom is -0.476 e. The van der Waals surface area contributed by atoms with E-state index in [-0.39, 0.29) is 0 Å². The van der Waals surface area contributed by atoms with Gasteiger partial charge in [-0.3, -0.25) is 0 Å². The first-order valence-electron chi connectivity index (χ1n) is 8.09. The lowest BCUT2D eigenvalue weighted by atomic mass is 10.1. The number of allylic oxidation sites excluding steroid dienone is 3. The summed E-state index contributed by atoms with van der Waals surface area (Å²) in [5.41, 5.74) is 2.27. The Morgan fingerprint density at radius 3 is 1.60 bits per heavy atom. The van der Waals surface area contributed by atoms with E-state index in [0.29, 0.717) is 0 Å². The molecule has 1 rings (SSSR count). The van der Waals surface area contributed by atoms with Crippen molar-refractivity contribution in [1.29, 1.82) is 0 Å². The molecule has 0 amide bonds. The molecule has 1 aromatic rings. The fourth-order valence-corrected chi connectivity index (χ4v) is 1.58. The summed E-state index contributed by atoms with van der Waals surface area (Å²) in [7, 11) is 0. The molecule has 25 heavy (non-hydrogen) atoms. The van der Waals surface area contributed by atoms with Gasteiger partial charge in [0.2, 0.25) is 5.83 Å². The van der Waals surface area contributed by atoms with Gasteiger partial charge >= 0.3 is 5.97 Å². The predicted molar refractivity (Wildman–Crippen MR) is 108 cm³/mol. The van der Waals surface area contributed by atoms with E-state index in [9.17, 15) is 9.18 Å². The van der Waals surface area contributed by atoms with Gasteiger partial charge in [-0.15, -0.1) is 13.2 Å². The van der Waals surface area contributed by atoms with E-state index >= 15 is 0 Å². The maximum Gasteiger partial charge on any atom is 0.364 e. The van der Waals surface area contributed by atoms with Gasteiger partial charge in [-0.1, -0.05) is 61.7 Å². The standard InChI is InChI=1S/C10H10.C8H14.C4H5FO2/c1-3-9-7-5-6-8-10(9)4-2;1-3-5-7-8-6-4-2;1-2-3(5)4(6)7/h3-8H,1-2H2;3-4H,1-2,5-8H2;2H,1H3,(H,6,7). The summed E-state index contributed by atoms with van der Waals surface area (Å²) in [5.74, 6) is -2.62. The SMILES string of the molecule is C=CCCCCC=C.C=Cc1ccccc1C=C.CC=C(F)C(=O)O. The second-order valence-corrected chi connectivity index (χ2v) is 4.84. The average molecular weight is 344 g/mol. The van der Waals surface area contributed by atoms with Crippen LogP contribution in [0.3, 0.4) is 0 Å². The molecule has 0 radical (unpaired) electrons. The molecule has 0 aliphatic carbocycles. The summed E-state index contributed by atoms with van der Waals surface area (Å²) >= 11 is 0. The molecule has 0 atom stereocenters. The second kappa shape index (κ2) is 17.7. The Morgan fingerprint density at radius 2 is 1.40 bits per heavy atom. The van der Waals surface area contributed by atoms with Gasteiger partial charge in [-0.25, -0.2) is 4.79 Å². The molecule has 0 aromatic heterocycles. The molecule has 0 saturated carbocycles. The largest absolute Gasteiger partial charge is 0.476 e. The Balaban J connectivity index is 0. The molecule has 0 bridgehead atoms. The topological polar surface area (TPSA) is 37.3 Å². The van der Waals surface area contributed by atoms with Gasteiger partial charge in [0.05, 0.1) is 0 Å². The van der Waals surface area contributed by atoms with Gasteiger partial charge in [0.25, 0.3) is 0 Å². The lowest BCUT2D eigenvalue weighted by Crippen LogP contribution is -1.92. The number of unbranched alkanes of at least 4 members (excludes halogenated alkanes) is 3. The number of hydrogen-bond donors (Lipinski definition) is 1. The molecule has 2 nitrogen and oxygen atoms in total. The van der Waals surface area contributed by atoms with E-state index in [1.807, 2.05) is 48.6 Å². The van der Waals surface area contributed by atoms with Gasteiger partial charge in [-0.2, -0.15) is 4.39 Å². The normalized spacial score (nSPS) is 9.44. The molecule has 3 heteroatoms. The Kier molecular flexibility index (Phi) is 17.4. The van der Waals surface area contributed by atoms with Gasteiger partial charge < -0.3 is 5.11 Å². The van der Waals surface area contributed by atoms with Crippen molar-refractivity contribution in [1.82, 2.24) is 0 Å². The molecule has 1 N–H and O–H groups in total. The Bertz CT molecular complexity index is 534. The van der Waals surface area contributed by atoms with E-state index in [2.05, 4.69) is 26.3 Å². The number of carboxylic acids is 1. The number of hydrogen-bond acceptors (Lipinski definition) is 1. The molecule has 0 unspecified atom stereocenters. The third-order valence-electron chi connectivity index (χ3n) is 2.96. The predicted octanol–water partition coefficient (Wildman–Crippen LogP) is 6.84. The van der Waals surface area contributed by atoms with Crippen molar-refractivity contribution < 1.29 is 14.3 Å². The Hall–Kier alpha value is -2.68. The molecule has 1 aromatic carbocycles. The highest BCUT2D eigenvalue weighted by molar-refractivity contribution is 5.83. The fourth-order valence-electron chi connectivity index (χ4n) is 1.58. The van der Waals surface area contributed by atoms with E-state index < -0.39 is 11.8 Å². The minimum atomic E-state index is -1.51. The molecule has 0 spiro atoms. The van der Waals surface area contributed by atoms with Crippen LogP contribution in [0, 0.1) is 0 Å². The Labute approximate surface area is 151 Å². The third-order valence-corrected chi connectivity index (χ3v) is 2.96. The van der Waals surface area contributed by atoms with Crippen LogP contribution in [0.5, 0.6) is 0 Å². The molecule has 136 valence electrons. The average Bonchev–Trinajstić information content (AvgIpc) is 2.65. The van der Waals surface area contributed by atoms with Crippen LogP contribution in [0.2, 0.25) is 0 Å². The van der Waals surface area contributed by atoms with Crippen LogP contribution in [0.4, 0.5) is 4.39 Å². The van der Waals surface area contributed by atoms with Gasteiger partial charge in [0, 0.05) is 0 Å². The van der Waals surface area contributed by atoms with Crippen LogP contribution in [0.1, 0.15) is 43.7 Å². The minimum absolute atomic E-state index is 0.891. The molecule has 0 saturated heterocycles. The van der Waals surface area contributed by atoms with Crippen molar-refractivity contribution in [3.8, 4) is 0 Å². The van der Waals surface area contributed by atoms with Crippen molar-refractivity contribution in [2.24, 2.45) is 0 Å². The first kappa shape index (κ1) is 24.6. The highest BCUT2D eigenvalue weighted by atomic mass is 19.1. The van der Waals surface area contributed by atoms with Crippen LogP contribution in [-0.2, 0) is 4.79 Å². The zero-order valence-electron chi connectivity index (χ0n) is 15.1. The molecular formula is C22H29FO2. The van der Waals surface area contributed by atoms with Crippen molar-refractivity contribution in [3.63, 3.8) is 0 Å². The zero-order chi connectivity index (χ0) is 19.5. The maximum atomic E-state index is 11.5. The van der Waals surface area contributed by atoms with E-state index in [4.69, 9.17) is 5.11 Å². The van der Waals surface area contributed by atoms with Gasteiger partial charge in [-0.05, 0) is 49.8 Å². The number of halogens is 1. The number of rotatable bonds is 8. The van der Waals surface area contributed by atoms with Crippen molar-refractivity contribution >= 4 is 18.1 Å². The van der Waals surface area contributed by atoms with Gasteiger partial charge in [0.15, 0.2) is 0 Å². The second-order valence-electron chi connectivity index (χ2n) is 4.84. The Morgan fingerprint density at radius 1 is 1.00 bits per heavy atom. The number of benzene rings is 1. The van der Waals surface area contributed by atoms with Crippen LogP contribution in [-0.4, -0.2) is 11.1 Å². The highest BCUT2D eigenvalue weighted by Gasteiger charge is 1.99. The molecule has 0 fully saturated rings. The molecule has 0 aliphatic rings.